The minimum absolute atomic E-state index is 0.0918. The van der Waals surface area contributed by atoms with Gasteiger partial charge in [-0.05, 0) is 74.2 Å². The molecule has 2 aromatic carbocycles. The zero-order chi connectivity index (χ0) is 28.2. The number of amides is 2. The van der Waals surface area contributed by atoms with Gasteiger partial charge in [-0.3, -0.25) is 14.5 Å². The molecule has 2 atom stereocenters. The van der Waals surface area contributed by atoms with Crippen molar-refractivity contribution in [3.8, 4) is 0 Å². The number of nitrogens with one attached hydrogen (secondary N) is 2. The van der Waals surface area contributed by atoms with Gasteiger partial charge < -0.3 is 21.5 Å². The van der Waals surface area contributed by atoms with Crippen LogP contribution in [0, 0.1) is 11.7 Å². The summed E-state index contributed by atoms with van der Waals surface area (Å²) in [4.78, 5) is 27.7. The molecule has 2 unspecified atom stereocenters. The second-order valence-electron chi connectivity index (χ2n) is 10.6. The molecule has 5 N–H and O–H groups in total. The third-order valence-electron chi connectivity index (χ3n) is 7.35. The van der Waals surface area contributed by atoms with E-state index in [0.29, 0.717) is 48.4 Å². The van der Waals surface area contributed by atoms with Crippen LogP contribution in [-0.4, -0.2) is 47.1 Å². The Morgan fingerprint density at radius 2 is 1.92 bits per heavy atom. The Bertz CT molecular complexity index is 1340. The maximum absolute atomic E-state index is 15.5. The quantitative estimate of drug-likeness (QED) is 0.279. The molecule has 2 aromatic rings. The molecule has 1 aliphatic carbocycles. The van der Waals surface area contributed by atoms with Gasteiger partial charge in [0.25, 0.3) is 0 Å². The van der Waals surface area contributed by atoms with Gasteiger partial charge in [-0.15, -0.1) is 0 Å². The Kier molecular flexibility index (Phi) is 8.90. The first kappa shape index (κ1) is 28.5. The molecule has 0 aromatic heterocycles. The Labute approximate surface area is 233 Å². The summed E-state index contributed by atoms with van der Waals surface area (Å²) in [5, 5.41) is 16.4. The van der Waals surface area contributed by atoms with Crippen LogP contribution in [0.15, 0.2) is 71.4 Å². The van der Waals surface area contributed by atoms with Crippen molar-refractivity contribution in [3.63, 3.8) is 0 Å². The summed E-state index contributed by atoms with van der Waals surface area (Å²) in [7, 11) is 0. The van der Waals surface area contributed by atoms with Crippen LogP contribution in [0.1, 0.15) is 43.7 Å². The highest BCUT2D eigenvalue weighted by molar-refractivity contribution is 6.29. The van der Waals surface area contributed by atoms with Crippen molar-refractivity contribution in [2.24, 2.45) is 5.92 Å². The molecule has 7 nitrogen and oxygen atoms in total. The molecule has 2 aliphatic rings. The van der Waals surface area contributed by atoms with E-state index in [2.05, 4.69) is 10.6 Å². The number of allylic oxidation sites excluding steroid dienone is 4. The fraction of sp³-hybridized carbons (Fsp3) is 0.333. The molecule has 1 fully saturated rings. The molecule has 39 heavy (non-hydrogen) atoms. The van der Waals surface area contributed by atoms with Crippen molar-refractivity contribution in [1.82, 2.24) is 10.2 Å². The normalized spacial score (nSPS) is 20.0. The summed E-state index contributed by atoms with van der Waals surface area (Å²) < 4.78 is 15.5. The third-order valence-corrected chi connectivity index (χ3v) is 7.67. The molecular formula is C30H34ClFN4O3. The van der Waals surface area contributed by atoms with Crippen molar-refractivity contribution in [2.75, 3.05) is 30.7 Å². The van der Waals surface area contributed by atoms with Gasteiger partial charge in [0.2, 0.25) is 11.8 Å². The minimum Gasteiger partial charge on any atom is -0.397 e. The second kappa shape index (κ2) is 12.2. The van der Waals surface area contributed by atoms with Crippen LogP contribution in [-0.2, 0) is 9.59 Å². The Morgan fingerprint density at radius 1 is 1.15 bits per heavy atom. The number of halogens is 2. The molecule has 1 aliphatic heterocycles. The Hall–Kier alpha value is -3.46. The van der Waals surface area contributed by atoms with E-state index in [4.69, 9.17) is 17.3 Å². The summed E-state index contributed by atoms with van der Waals surface area (Å²) >= 11 is 6.05. The summed E-state index contributed by atoms with van der Waals surface area (Å²) in [6, 6.07) is 11.7. The lowest BCUT2D eigenvalue weighted by atomic mass is 9.87. The van der Waals surface area contributed by atoms with E-state index in [-0.39, 0.29) is 18.4 Å². The molecule has 4 rings (SSSR count). The van der Waals surface area contributed by atoms with Gasteiger partial charge in [-0.1, -0.05) is 35.9 Å². The fourth-order valence-electron chi connectivity index (χ4n) is 4.85. The number of carbonyl (C=O) groups is 2. The van der Waals surface area contributed by atoms with Crippen LogP contribution in [0.5, 0.6) is 0 Å². The molecule has 9 heteroatoms. The van der Waals surface area contributed by atoms with E-state index < -0.39 is 23.2 Å². The van der Waals surface area contributed by atoms with Gasteiger partial charge >= 0.3 is 0 Å². The van der Waals surface area contributed by atoms with Crippen molar-refractivity contribution in [3.05, 3.63) is 88.4 Å². The lowest BCUT2D eigenvalue weighted by Gasteiger charge is -2.33. The first-order valence-corrected chi connectivity index (χ1v) is 13.3. The number of para-hydroxylation sites is 2. The predicted molar refractivity (Wildman–Crippen MR) is 153 cm³/mol. The number of rotatable bonds is 8. The summed E-state index contributed by atoms with van der Waals surface area (Å²) in [5.41, 5.74) is 7.95. The van der Waals surface area contributed by atoms with E-state index in [1.165, 1.54) is 18.2 Å². The number of carbonyl (C=O) groups excluding carboxylic acids is 2. The number of nitrogens with zero attached hydrogens (tertiary/aromatic N) is 1. The van der Waals surface area contributed by atoms with Crippen molar-refractivity contribution < 1.29 is 19.1 Å². The number of hydrogen-bond donors (Lipinski definition) is 4. The number of aliphatic hydroxyl groups excluding tert-OH is 1. The lowest BCUT2D eigenvalue weighted by Crippen LogP contribution is -2.46. The molecule has 0 radical (unpaired) electrons. The highest BCUT2D eigenvalue weighted by atomic mass is 35.5. The zero-order valence-electron chi connectivity index (χ0n) is 22.1. The number of benzene rings is 2. The lowest BCUT2D eigenvalue weighted by molar-refractivity contribution is -0.124. The van der Waals surface area contributed by atoms with Gasteiger partial charge in [0.05, 0.1) is 23.9 Å². The average Bonchev–Trinajstić information content (AvgIpc) is 3.36. The van der Waals surface area contributed by atoms with Crippen LogP contribution >= 0.6 is 11.6 Å². The number of aliphatic hydroxyl groups is 1. The zero-order valence-corrected chi connectivity index (χ0v) is 22.8. The smallest absolute Gasteiger partial charge is 0.248 e. The molecular weight excluding hydrogens is 519 g/mol. The molecule has 1 heterocycles. The number of nitrogens with two attached hydrogens (primary N) is 1. The van der Waals surface area contributed by atoms with E-state index in [0.717, 1.165) is 10.7 Å². The van der Waals surface area contributed by atoms with Crippen LogP contribution in [0.4, 0.5) is 15.8 Å². The van der Waals surface area contributed by atoms with Gasteiger partial charge in [0, 0.05) is 41.4 Å². The monoisotopic (exact) mass is 552 g/mol. The molecule has 0 spiro atoms. The van der Waals surface area contributed by atoms with Gasteiger partial charge in [0.1, 0.15) is 5.82 Å². The van der Waals surface area contributed by atoms with E-state index in [9.17, 15) is 14.7 Å². The van der Waals surface area contributed by atoms with Crippen LogP contribution in [0.3, 0.4) is 0 Å². The first-order valence-electron chi connectivity index (χ1n) is 12.9. The van der Waals surface area contributed by atoms with Crippen LogP contribution in [0.25, 0.3) is 6.08 Å². The minimum atomic E-state index is -0.567. The Morgan fingerprint density at radius 3 is 2.59 bits per heavy atom. The summed E-state index contributed by atoms with van der Waals surface area (Å²) in [6.45, 7) is 4.52. The molecule has 2 amide bonds. The Balaban J connectivity index is 1.52. The van der Waals surface area contributed by atoms with Crippen LogP contribution in [0.2, 0.25) is 0 Å². The number of nitrogen functional groups attached to an aromatic ring is 1. The van der Waals surface area contributed by atoms with E-state index >= 15 is 4.39 Å². The number of hydrogen-bond acceptors (Lipinski definition) is 5. The molecule has 1 saturated heterocycles. The molecule has 0 bridgehead atoms. The first-order chi connectivity index (χ1) is 18.6. The summed E-state index contributed by atoms with van der Waals surface area (Å²) in [6.07, 6.45) is 7.70. The average molecular weight is 553 g/mol. The largest absolute Gasteiger partial charge is 0.397 e. The maximum Gasteiger partial charge on any atom is 0.248 e. The summed E-state index contributed by atoms with van der Waals surface area (Å²) in [5.74, 6) is -1.96. The number of anilines is 2. The predicted octanol–water partition coefficient (Wildman–Crippen LogP) is 4.76. The molecule has 0 saturated carbocycles. The van der Waals surface area contributed by atoms with Crippen LogP contribution < -0.4 is 16.4 Å². The second-order valence-corrected chi connectivity index (χ2v) is 11.1. The highest BCUT2D eigenvalue weighted by Gasteiger charge is 2.44. The molecule has 206 valence electrons. The third kappa shape index (κ3) is 6.95. The highest BCUT2D eigenvalue weighted by Crippen LogP contribution is 2.38. The van der Waals surface area contributed by atoms with E-state index in [1.807, 2.05) is 18.7 Å². The SMILES string of the molecule is CC(C)(CO)N1CC(C(=O)NC2=CC=C(Cl)CC2)C(c2ccc(/C=C/C(=O)Nc3ccccc3N)cc2F)C1. The van der Waals surface area contributed by atoms with Crippen molar-refractivity contribution in [2.45, 2.75) is 38.1 Å². The topological polar surface area (TPSA) is 108 Å². The van der Waals surface area contributed by atoms with E-state index in [1.54, 1.807) is 48.6 Å². The van der Waals surface area contributed by atoms with Gasteiger partial charge in [-0.25, -0.2) is 4.39 Å². The standard InChI is InChI=1S/C30H34ClFN4O3/c1-30(2,18-37)36-16-23(24(17-36)29(39)34-21-11-9-20(31)10-12-21)22-13-7-19(15-25(22)32)8-14-28(38)35-27-6-4-3-5-26(27)33/h3-9,11,13-15,23-24,37H,10,12,16-18,33H2,1-2H3,(H,34,39)(H,35,38)/b14-8+. The van der Waals surface area contributed by atoms with Gasteiger partial charge in [-0.2, -0.15) is 0 Å². The van der Waals surface area contributed by atoms with Gasteiger partial charge in [0.15, 0.2) is 0 Å². The fourth-order valence-corrected chi connectivity index (χ4v) is 5.01. The van der Waals surface area contributed by atoms with Crippen molar-refractivity contribution in [1.29, 1.82) is 0 Å². The van der Waals surface area contributed by atoms with Crippen molar-refractivity contribution >= 4 is 40.9 Å². The maximum atomic E-state index is 15.5. The number of likely N-dealkylation sites (tertiary alicyclic amines) is 1.